The molecule has 0 bridgehead atoms. The standard InChI is InChI=1S/C24H36NO4P/c1-19(26)23-16-22(21-13-6-3-7-14-21)17-25(23)24(27)18-30(28,29)15-9-8-12-20-10-4-2-5-11-20/h2,4-5,10-11,21-23H,3,6-9,12-18H2,1H3,(H,28,29)/t22-,23+/m1/s1. The zero-order valence-electron chi connectivity index (χ0n) is 18.2. The van der Waals surface area contributed by atoms with Crippen molar-refractivity contribution in [3.63, 3.8) is 0 Å². The fourth-order valence-corrected chi connectivity index (χ4v) is 6.67. The normalized spacial score (nSPS) is 24.5. The van der Waals surface area contributed by atoms with Crippen molar-refractivity contribution < 1.29 is 19.0 Å². The summed E-state index contributed by atoms with van der Waals surface area (Å²) < 4.78 is 12.7. The van der Waals surface area contributed by atoms with Crippen LogP contribution < -0.4 is 0 Å². The number of hydrogen-bond donors (Lipinski definition) is 1. The van der Waals surface area contributed by atoms with Gasteiger partial charge in [-0.1, -0.05) is 62.4 Å². The molecule has 1 saturated heterocycles. The van der Waals surface area contributed by atoms with Crippen LogP contribution >= 0.6 is 7.37 Å². The molecule has 2 aliphatic rings. The maximum Gasteiger partial charge on any atom is 0.232 e. The molecule has 166 valence electrons. The first-order chi connectivity index (χ1) is 14.4. The lowest BCUT2D eigenvalue weighted by atomic mass is 9.79. The first-order valence-electron chi connectivity index (χ1n) is 11.5. The lowest BCUT2D eigenvalue weighted by molar-refractivity contribution is -0.135. The minimum absolute atomic E-state index is 0.00251. The molecule has 1 N–H and O–H groups in total. The van der Waals surface area contributed by atoms with E-state index in [4.69, 9.17) is 0 Å². The van der Waals surface area contributed by atoms with E-state index in [1.54, 1.807) is 4.90 Å². The number of ketones is 1. The van der Waals surface area contributed by atoms with Gasteiger partial charge in [0.15, 0.2) is 5.78 Å². The van der Waals surface area contributed by atoms with Gasteiger partial charge in [0.05, 0.1) is 6.04 Å². The molecule has 6 heteroatoms. The van der Waals surface area contributed by atoms with Crippen molar-refractivity contribution in [1.82, 2.24) is 4.90 Å². The lowest BCUT2D eigenvalue weighted by Gasteiger charge is -2.27. The third kappa shape index (κ3) is 6.52. The number of Topliss-reactive ketones (excluding diaryl/α,β-unsaturated/α-hetero) is 1. The van der Waals surface area contributed by atoms with Crippen molar-refractivity contribution >= 4 is 19.1 Å². The maximum absolute atomic E-state index is 12.9. The third-order valence-electron chi connectivity index (χ3n) is 6.89. The van der Waals surface area contributed by atoms with E-state index < -0.39 is 13.4 Å². The predicted octanol–water partition coefficient (Wildman–Crippen LogP) is 4.67. The summed E-state index contributed by atoms with van der Waals surface area (Å²) in [4.78, 5) is 37.1. The van der Waals surface area contributed by atoms with Crippen LogP contribution in [0, 0.1) is 11.8 Å². The number of rotatable bonds is 9. The Bertz CT molecular complexity index is 760. The molecule has 1 aromatic rings. The quantitative estimate of drug-likeness (QED) is 0.454. The fraction of sp³-hybridized carbons (Fsp3) is 0.667. The highest BCUT2D eigenvalue weighted by atomic mass is 31.2. The highest BCUT2D eigenvalue weighted by molar-refractivity contribution is 7.58. The number of amides is 1. The third-order valence-corrected chi connectivity index (χ3v) is 8.67. The molecule has 2 fully saturated rings. The summed E-state index contributed by atoms with van der Waals surface area (Å²) in [7, 11) is -3.53. The summed E-state index contributed by atoms with van der Waals surface area (Å²) in [6, 6.07) is 9.66. The van der Waals surface area contributed by atoms with Crippen LogP contribution in [0.4, 0.5) is 0 Å². The van der Waals surface area contributed by atoms with Gasteiger partial charge < -0.3 is 9.79 Å². The first-order valence-corrected chi connectivity index (χ1v) is 13.5. The Kier molecular flexibility index (Phi) is 8.30. The van der Waals surface area contributed by atoms with Gasteiger partial charge in [0.25, 0.3) is 0 Å². The maximum atomic E-state index is 12.9. The zero-order valence-corrected chi connectivity index (χ0v) is 19.1. The van der Waals surface area contributed by atoms with E-state index >= 15 is 0 Å². The van der Waals surface area contributed by atoms with Crippen LogP contribution in [0.25, 0.3) is 0 Å². The molecule has 1 aliphatic carbocycles. The Morgan fingerprint density at radius 3 is 2.43 bits per heavy atom. The molecule has 3 rings (SSSR count). The average molecular weight is 434 g/mol. The number of unbranched alkanes of at least 4 members (excludes halogenated alkanes) is 1. The first kappa shape index (κ1) is 23.2. The lowest BCUT2D eigenvalue weighted by Crippen LogP contribution is -2.41. The summed E-state index contributed by atoms with van der Waals surface area (Å²) in [5, 5.41) is 0. The molecule has 1 heterocycles. The number of carbonyl (C=O) groups is 2. The molecular weight excluding hydrogens is 397 g/mol. The number of likely N-dealkylation sites (tertiary alicyclic amines) is 1. The van der Waals surface area contributed by atoms with Crippen LogP contribution in [-0.2, 0) is 20.6 Å². The second kappa shape index (κ2) is 10.7. The van der Waals surface area contributed by atoms with Crippen LogP contribution in [0.2, 0.25) is 0 Å². The van der Waals surface area contributed by atoms with Crippen molar-refractivity contribution in [2.75, 3.05) is 18.9 Å². The number of benzene rings is 1. The molecular formula is C24H36NO4P. The van der Waals surface area contributed by atoms with Gasteiger partial charge in [-0.15, -0.1) is 0 Å². The van der Waals surface area contributed by atoms with Crippen molar-refractivity contribution in [2.24, 2.45) is 11.8 Å². The molecule has 1 aromatic carbocycles. The molecule has 3 atom stereocenters. The molecule has 1 saturated carbocycles. The minimum atomic E-state index is -3.53. The average Bonchev–Trinajstić information content (AvgIpc) is 3.19. The summed E-state index contributed by atoms with van der Waals surface area (Å²) in [6.45, 7) is 2.11. The molecule has 0 aromatic heterocycles. The van der Waals surface area contributed by atoms with E-state index in [-0.39, 0.29) is 24.0 Å². The zero-order chi connectivity index (χ0) is 21.6. The van der Waals surface area contributed by atoms with Crippen molar-refractivity contribution in [2.45, 2.75) is 70.8 Å². The van der Waals surface area contributed by atoms with Gasteiger partial charge in [-0.3, -0.25) is 14.2 Å². The number of aryl methyl sites for hydroxylation is 1. The monoisotopic (exact) mass is 433 g/mol. The highest BCUT2D eigenvalue weighted by Crippen LogP contribution is 2.43. The van der Waals surface area contributed by atoms with E-state index in [0.29, 0.717) is 24.8 Å². The Morgan fingerprint density at radius 2 is 1.77 bits per heavy atom. The van der Waals surface area contributed by atoms with Gasteiger partial charge in [-0.25, -0.2) is 0 Å². The van der Waals surface area contributed by atoms with Gasteiger partial charge >= 0.3 is 0 Å². The van der Waals surface area contributed by atoms with Crippen LogP contribution in [0.1, 0.15) is 63.9 Å². The van der Waals surface area contributed by atoms with E-state index in [1.165, 1.54) is 44.6 Å². The number of hydrogen-bond acceptors (Lipinski definition) is 3. The molecule has 0 spiro atoms. The number of carbonyl (C=O) groups excluding carboxylic acids is 2. The second-order valence-electron chi connectivity index (χ2n) is 9.24. The summed E-state index contributed by atoms with van der Waals surface area (Å²) >= 11 is 0. The summed E-state index contributed by atoms with van der Waals surface area (Å²) in [5.41, 5.74) is 1.22. The SMILES string of the molecule is CC(=O)[C@@H]1C[C@@H](C2CCCCC2)CN1C(=O)CP(=O)(O)CCCCc1ccccc1. The fourth-order valence-electron chi connectivity index (χ4n) is 5.19. The van der Waals surface area contributed by atoms with E-state index in [1.807, 2.05) is 18.2 Å². The molecule has 5 nitrogen and oxygen atoms in total. The topological polar surface area (TPSA) is 74.7 Å². The Balaban J connectivity index is 1.50. The van der Waals surface area contributed by atoms with E-state index in [0.717, 1.165) is 19.3 Å². The number of nitrogens with zero attached hydrogens (tertiary/aromatic N) is 1. The van der Waals surface area contributed by atoms with Gasteiger partial charge in [-0.05, 0) is 50.0 Å². The summed E-state index contributed by atoms with van der Waals surface area (Å²) in [6.07, 6.45) is 8.96. The van der Waals surface area contributed by atoms with Crippen molar-refractivity contribution in [3.8, 4) is 0 Å². The molecule has 1 aliphatic heterocycles. The Labute approximate surface area is 180 Å². The molecule has 1 amide bonds. The minimum Gasteiger partial charge on any atom is -0.344 e. The van der Waals surface area contributed by atoms with Gasteiger partial charge in [-0.2, -0.15) is 0 Å². The highest BCUT2D eigenvalue weighted by Gasteiger charge is 2.42. The molecule has 30 heavy (non-hydrogen) atoms. The predicted molar refractivity (Wildman–Crippen MR) is 120 cm³/mol. The largest absolute Gasteiger partial charge is 0.344 e. The van der Waals surface area contributed by atoms with Crippen LogP contribution in [0.3, 0.4) is 0 Å². The Hall–Kier alpha value is -1.45. The second-order valence-corrected chi connectivity index (χ2v) is 11.7. The Morgan fingerprint density at radius 1 is 1.07 bits per heavy atom. The van der Waals surface area contributed by atoms with Crippen LogP contribution in [0.5, 0.6) is 0 Å². The van der Waals surface area contributed by atoms with Crippen molar-refractivity contribution in [1.29, 1.82) is 0 Å². The van der Waals surface area contributed by atoms with Crippen LogP contribution in [-0.4, -0.2) is 46.4 Å². The van der Waals surface area contributed by atoms with Gasteiger partial charge in [0.1, 0.15) is 6.16 Å². The van der Waals surface area contributed by atoms with Crippen LogP contribution in [0.15, 0.2) is 30.3 Å². The van der Waals surface area contributed by atoms with Gasteiger partial charge in [0, 0.05) is 12.7 Å². The van der Waals surface area contributed by atoms with Gasteiger partial charge in [0.2, 0.25) is 13.3 Å². The molecule has 1 unspecified atom stereocenters. The van der Waals surface area contributed by atoms with Crippen molar-refractivity contribution in [3.05, 3.63) is 35.9 Å². The smallest absolute Gasteiger partial charge is 0.232 e. The van der Waals surface area contributed by atoms with E-state index in [2.05, 4.69) is 12.1 Å². The van der Waals surface area contributed by atoms with E-state index in [9.17, 15) is 19.0 Å². The summed E-state index contributed by atoms with van der Waals surface area (Å²) in [5.74, 6) is 0.615. The molecule has 0 radical (unpaired) electrons.